The van der Waals surface area contributed by atoms with Crippen molar-refractivity contribution >= 4 is 29.0 Å². The summed E-state index contributed by atoms with van der Waals surface area (Å²) < 4.78 is 18.6. The van der Waals surface area contributed by atoms with E-state index < -0.39 is 5.91 Å². The van der Waals surface area contributed by atoms with Crippen molar-refractivity contribution in [2.24, 2.45) is 11.7 Å². The lowest BCUT2D eigenvalue weighted by atomic mass is 10.1. The minimum absolute atomic E-state index is 0.00770. The van der Waals surface area contributed by atoms with Gasteiger partial charge in [0, 0.05) is 36.4 Å². The van der Waals surface area contributed by atoms with Gasteiger partial charge in [0.2, 0.25) is 5.91 Å². The standard InChI is InChI=1S/C24H27N7O5/c1-34-19-12-36-11-18(19)31-10-14(9-26-31)15-4-3-5-16(22(15)35-2)27-17-8-20(28-24(33)13-6-7-13)29-30-21(17)23(25)32/h3-5,8-10,13,18-19H,6-7,11-12H2,1-2H3,(H2,25,32)(H2,27,28,29,33)/t18-,19-/m1/s1. The van der Waals surface area contributed by atoms with Crippen LogP contribution in [0.15, 0.2) is 36.7 Å². The Hall–Kier alpha value is -4.03. The molecule has 5 rings (SSSR count). The van der Waals surface area contributed by atoms with E-state index in [1.165, 1.54) is 6.07 Å². The zero-order valence-electron chi connectivity index (χ0n) is 19.9. The van der Waals surface area contributed by atoms with Crippen LogP contribution in [0.5, 0.6) is 5.75 Å². The summed E-state index contributed by atoms with van der Waals surface area (Å²) in [4.78, 5) is 24.2. The summed E-state index contributed by atoms with van der Waals surface area (Å²) in [5, 5.41) is 18.3. The number of rotatable bonds is 9. The molecule has 1 aliphatic carbocycles. The summed E-state index contributed by atoms with van der Waals surface area (Å²) in [5.41, 5.74) is 7.93. The van der Waals surface area contributed by atoms with Gasteiger partial charge in [-0.3, -0.25) is 14.3 Å². The predicted octanol–water partition coefficient (Wildman–Crippen LogP) is 2.13. The lowest BCUT2D eigenvalue weighted by Gasteiger charge is -2.17. The molecule has 0 unspecified atom stereocenters. The molecule has 1 saturated carbocycles. The van der Waals surface area contributed by atoms with Crippen molar-refractivity contribution in [3.8, 4) is 16.9 Å². The topological polar surface area (TPSA) is 156 Å². The first-order valence-electron chi connectivity index (χ1n) is 11.6. The fraction of sp³-hybridized carbons (Fsp3) is 0.375. The highest BCUT2D eigenvalue weighted by Gasteiger charge is 2.31. The second-order valence-corrected chi connectivity index (χ2v) is 8.72. The molecule has 12 nitrogen and oxygen atoms in total. The number of carbonyl (C=O) groups is 2. The zero-order valence-corrected chi connectivity index (χ0v) is 19.9. The molecule has 2 fully saturated rings. The number of benzene rings is 1. The quantitative estimate of drug-likeness (QED) is 0.406. The molecule has 0 radical (unpaired) electrons. The van der Waals surface area contributed by atoms with E-state index in [1.54, 1.807) is 26.5 Å². The second kappa shape index (κ2) is 9.91. The van der Waals surface area contributed by atoms with E-state index in [9.17, 15) is 9.59 Å². The van der Waals surface area contributed by atoms with Gasteiger partial charge in [-0.05, 0) is 18.9 Å². The number of hydrogen-bond donors (Lipinski definition) is 3. The summed E-state index contributed by atoms with van der Waals surface area (Å²) in [6.45, 7) is 1.03. The Balaban J connectivity index is 1.45. The van der Waals surface area contributed by atoms with E-state index in [0.29, 0.717) is 30.3 Å². The number of para-hydroxylation sites is 1. The maximum Gasteiger partial charge on any atom is 0.271 e. The molecule has 0 bridgehead atoms. The summed E-state index contributed by atoms with van der Waals surface area (Å²) in [6.07, 6.45) is 5.30. The number of aromatic nitrogens is 4. The Morgan fingerprint density at radius 3 is 2.72 bits per heavy atom. The summed E-state index contributed by atoms with van der Waals surface area (Å²) in [6, 6.07) is 7.06. The van der Waals surface area contributed by atoms with E-state index in [2.05, 4.69) is 25.9 Å². The van der Waals surface area contributed by atoms with Gasteiger partial charge in [-0.15, -0.1) is 10.2 Å². The molecule has 2 atom stereocenters. The van der Waals surface area contributed by atoms with Crippen LogP contribution in [0.1, 0.15) is 29.4 Å². The first-order chi connectivity index (χ1) is 17.5. The molecular formula is C24H27N7O5. The number of ether oxygens (including phenoxy) is 3. The molecular weight excluding hydrogens is 466 g/mol. The van der Waals surface area contributed by atoms with Crippen molar-refractivity contribution in [3.63, 3.8) is 0 Å². The van der Waals surface area contributed by atoms with Gasteiger partial charge in [0.15, 0.2) is 11.5 Å². The highest BCUT2D eigenvalue weighted by Crippen LogP contribution is 2.39. The van der Waals surface area contributed by atoms with Gasteiger partial charge in [0.25, 0.3) is 5.91 Å². The average molecular weight is 494 g/mol. The van der Waals surface area contributed by atoms with E-state index >= 15 is 0 Å². The predicted molar refractivity (Wildman–Crippen MR) is 130 cm³/mol. The minimum Gasteiger partial charge on any atom is -0.494 e. The third-order valence-corrected chi connectivity index (χ3v) is 6.27. The highest BCUT2D eigenvalue weighted by atomic mass is 16.5. The van der Waals surface area contributed by atoms with Gasteiger partial charge in [-0.1, -0.05) is 12.1 Å². The Morgan fingerprint density at radius 1 is 1.17 bits per heavy atom. The maximum absolute atomic E-state index is 12.2. The van der Waals surface area contributed by atoms with Gasteiger partial charge in [0.1, 0.15) is 17.9 Å². The van der Waals surface area contributed by atoms with Gasteiger partial charge in [0.05, 0.1) is 37.9 Å². The van der Waals surface area contributed by atoms with Crippen LogP contribution in [0.25, 0.3) is 11.1 Å². The molecule has 1 saturated heterocycles. The smallest absolute Gasteiger partial charge is 0.271 e. The van der Waals surface area contributed by atoms with Crippen LogP contribution in [-0.2, 0) is 14.3 Å². The number of methoxy groups -OCH3 is 2. The lowest BCUT2D eigenvalue weighted by molar-refractivity contribution is -0.117. The van der Waals surface area contributed by atoms with Crippen molar-refractivity contribution < 1.29 is 23.8 Å². The fourth-order valence-corrected chi connectivity index (χ4v) is 4.19. The van der Waals surface area contributed by atoms with Gasteiger partial charge >= 0.3 is 0 Å². The SMILES string of the molecule is COc1c(Nc2cc(NC(=O)C3CC3)nnc2C(N)=O)cccc1-c1cnn([C@@H]2COC[C@H]2OC)c1. The Bertz CT molecular complexity index is 1290. The highest BCUT2D eigenvalue weighted by molar-refractivity contribution is 5.99. The van der Waals surface area contributed by atoms with Crippen molar-refractivity contribution in [3.05, 3.63) is 42.4 Å². The molecule has 2 aromatic heterocycles. The average Bonchev–Trinajstić information content (AvgIpc) is 3.42. The molecule has 2 amide bonds. The third kappa shape index (κ3) is 4.72. The first kappa shape index (κ1) is 23.7. The van der Waals surface area contributed by atoms with Gasteiger partial charge < -0.3 is 30.6 Å². The van der Waals surface area contributed by atoms with Crippen LogP contribution in [0.3, 0.4) is 0 Å². The normalized spacial score (nSPS) is 19.2. The van der Waals surface area contributed by atoms with Gasteiger partial charge in [-0.2, -0.15) is 5.10 Å². The van der Waals surface area contributed by atoms with Crippen molar-refractivity contribution in [1.82, 2.24) is 20.0 Å². The molecule has 188 valence electrons. The number of nitrogens with two attached hydrogens (primary N) is 1. The first-order valence-corrected chi connectivity index (χ1v) is 11.6. The van der Waals surface area contributed by atoms with Crippen molar-refractivity contribution in [2.75, 3.05) is 38.1 Å². The molecule has 1 aromatic carbocycles. The molecule has 36 heavy (non-hydrogen) atoms. The van der Waals surface area contributed by atoms with Crippen LogP contribution in [0.4, 0.5) is 17.2 Å². The molecule has 3 aromatic rings. The molecule has 1 aliphatic heterocycles. The number of hydrogen-bond acceptors (Lipinski definition) is 9. The number of nitrogens with zero attached hydrogens (tertiary/aromatic N) is 4. The second-order valence-electron chi connectivity index (χ2n) is 8.72. The maximum atomic E-state index is 12.2. The molecule has 4 N–H and O–H groups in total. The molecule has 0 spiro atoms. The zero-order chi connectivity index (χ0) is 25.2. The van der Waals surface area contributed by atoms with Crippen LogP contribution >= 0.6 is 0 Å². The van der Waals surface area contributed by atoms with Crippen LogP contribution < -0.4 is 21.1 Å². The number of nitrogens with one attached hydrogen (secondary N) is 2. The van der Waals surface area contributed by atoms with Crippen LogP contribution in [-0.4, -0.2) is 65.3 Å². The number of carbonyl (C=O) groups excluding carboxylic acids is 2. The Morgan fingerprint density at radius 2 is 2.00 bits per heavy atom. The Labute approximate surface area is 207 Å². The monoisotopic (exact) mass is 493 g/mol. The fourth-order valence-electron chi connectivity index (χ4n) is 4.19. The third-order valence-electron chi connectivity index (χ3n) is 6.27. The van der Waals surface area contributed by atoms with Crippen molar-refractivity contribution in [1.29, 1.82) is 0 Å². The van der Waals surface area contributed by atoms with E-state index in [0.717, 1.165) is 24.0 Å². The minimum atomic E-state index is -0.757. The lowest BCUT2D eigenvalue weighted by Crippen LogP contribution is -2.24. The number of amides is 2. The van der Waals surface area contributed by atoms with E-state index in [1.807, 2.05) is 23.0 Å². The molecule has 3 heterocycles. The Kier molecular flexibility index (Phi) is 6.53. The van der Waals surface area contributed by atoms with E-state index in [-0.39, 0.29) is 35.5 Å². The number of anilines is 3. The largest absolute Gasteiger partial charge is 0.494 e. The van der Waals surface area contributed by atoms with Crippen LogP contribution in [0.2, 0.25) is 0 Å². The van der Waals surface area contributed by atoms with E-state index in [4.69, 9.17) is 19.9 Å². The molecule has 12 heteroatoms. The number of primary amides is 1. The van der Waals surface area contributed by atoms with Crippen LogP contribution in [0, 0.1) is 5.92 Å². The molecule has 2 aliphatic rings. The summed E-state index contributed by atoms with van der Waals surface area (Å²) in [5.74, 6) is -0.136. The summed E-state index contributed by atoms with van der Waals surface area (Å²) in [7, 11) is 3.22. The summed E-state index contributed by atoms with van der Waals surface area (Å²) >= 11 is 0. The van der Waals surface area contributed by atoms with Gasteiger partial charge in [-0.25, -0.2) is 0 Å². The van der Waals surface area contributed by atoms with Crippen molar-refractivity contribution in [2.45, 2.75) is 25.0 Å².